The molecule has 0 heterocycles. The zero-order valence-corrected chi connectivity index (χ0v) is 43.3. The Hall–Kier alpha value is -0.440. The van der Waals surface area contributed by atoms with Crippen LogP contribution in [0.5, 0.6) is 0 Å². The van der Waals surface area contributed by atoms with Crippen molar-refractivity contribution in [1.82, 2.24) is 0 Å². The third kappa shape index (κ3) is 55.6. The lowest BCUT2D eigenvalue weighted by Crippen LogP contribution is -2.32. The van der Waals surface area contributed by atoms with Crippen LogP contribution in [0.4, 0.5) is 0 Å². The summed E-state index contributed by atoms with van der Waals surface area (Å²) >= 11 is 0. The summed E-state index contributed by atoms with van der Waals surface area (Å²) < 4.78 is 48.5. The van der Waals surface area contributed by atoms with Gasteiger partial charge < -0.3 is 54.7 Å². The Labute approximate surface area is 379 Å². The molecule has 0 radical (unpaired) electrons. The van der Waals surface area contributed by atoms with Gasteiger partial charge in [0.1, 0.15) is 0 Å². The van der Waals surface area contributed by atoms with Gasteiger partial charge in [-0.05, 0) is 107 Å². The average molecular weight is 879 g/mol. The first-order valence-corrected chi connectivity index (χ1v) is 22.9. The van der Waals surface area contributed by atoms with Gasteiger partial charge in [-0.1, -0.05) is 118 Å². The Morgan fingerprint density at radius 3 is 1.17 bits per heavy atom. The molecule has 0 unspecified atom stereocenters. The average Bonchev–Trinajstić information content (AvgIpc) is 4.11. The topological polar surface area (TPSA) is 179 Å². The summed E-state index contributed by atoms with van der Waals surface area (Å²) in [6, 6.07) is 0. The van der Waals surface area contributed by atoms with Crippen molar-refractivity contribution in [2.45, 2.75) is 200 Å². The fourth-order valence-electron chi connectivity index (χ4n) is 3.15. The molecule has 0 aromatic rings. The summed E-state index contributed by atoms with van der Waals surface area (Å²) in [6.45, 7) is 41.0. The van der Waals surface area contributed by atoms with Gasteiger partial charge in [-0.15, -0.1) is 0 Å². The number of rotatable bonds is 20. The maximum atomic E-state index is 9.21. The van der Waals surface area contributed by atoms with Crippen molar-refractivity contribution in [2.75, 3.05) is 72.6 Å². The summed E-state index contributed by atoms with van der Waals surface area (Å²) in [5, 5.41) is 59.9. The van der Waals surface area contributed by atoms with E-state index in [1.165, 1.54) is 12.8 Å². The molecule has 0 spiro atoms. The first-order chi connectivity index (χ1) is 28.8. The van der Waals surface area contributed by atoms with Crippen molar-refractivity contribution < 1.29 is 60.2 Å². The summed E-state index contributed by atoms with van der Waals surface area (Å²) in [4.78, 5) is 0. The van der Waals surface area contributed by atoms with Crippen LogP contribution in [-0.2, 0) is 18.9 Å². The first-order valence-electron chi connectivity index (χ1n) is 24.9. The molecular weight excluding hydrogens is 765 g/mol. The van der Waals surface area contributed by atoms with E-state index in [1.807, 2.05) is 55.4 Å². The van der Waals surface area contributed by atoms with E-state index >= 15 is 0 Å². The van der Waals surface area contributed by atoms with E-state index in [9.17, 15) is 5.11 Å². The minimum Gasteiger partial charge on any atom is -0.396 e. The Balaban J connectivity index is -0.000000151. The molecule has 0 amide bonds. The highest BCUT2D eigenvalue weighted by Crippen LogP contribution is 2.45. The molecule has 0 aromatic carbocycles. The molecule has 11 nitrogen and oxygen atoms in total. The van der Waals surface area contributed by atoms with Gasteiger partial charge in [0.15, 0.2) is 0 Å². The van der Waals surface area contributed by atoms with Crippen LogP contribution in [0.3, 0.4) is 0 Å². The molecule has 0 aliphatic heterocycles. The standard InChI is InChI=1S/C9H18O.C8H18O2.2C6H14O2.C6H12O.C6H14O.2C4H10O/c1-4-7-10-9(5-6-9)8(2)3;1-7(2)8(3,4)10-6-5-9;2*1-6(2)5-8-4-3-7;1-5(2)6(7)3-4-6;1-5(2)6(3,4)7;2*1-4(2)3-5/h8H,4-7H2,1-3H3;7,9H,5-6H2,1-4H3;2*6-7H,3-5H2,1-2H3;5,7H,3-4H2,1-2H3;5,7H,1-4H3;2*4-5H,3H2,1-2H3/i;;5D2;;;;3D2;. The highest BCUT2D eigenvalue weighted by atomic mass is 16.5. The predicted octanol–water partition coefficient (Wildman–Crippen LogP) is 9.18. The van der Waals surface area contributed by atoms with Crippen molar-refractivity contribution in [2.24, 2.45) is 47.3 Å². The van der Waals surface area contributed by atoms with E-state index in [-0.39, 0.29) is 49.5 Å². The summed E-state index contributed by atoms with van der Waals surface area (Å²) in [5.74, 6) is 2.53. The maximum absolute atomic E-state index is 9.21. The van der Waals surface area contributed by atoms with Gasteiger partial charge in [0, 0.05) is 32.9 Å². The minimum absolute atomic E-state index is 0.0607. The lowest BCUT2D eigenvalue weighted by molar-refractivity contribution is -0.0620. The Kier molecular flexibility index (Phi) is 43.7. The normalized spacial score (nSPS) is 16.1. The molecule has 7 N–H and O–H groups in total. The number of hydrogen-bond donors (Lipinski definition) is 7. The van der Waals surface area contributed by atoms with Gasteiger partial charge >= 0.3 is 0 Å². The van der Waals surface area contributed by atoms with E-state index in [2.05, 4.69) is 62.3 Å². The summed E-state index contributed by atoms with van der Waals surface area (Å²) in [6.07, 6.45) is 5.75. The molecule has 2 rings (SSSR count). The number of ether oxygens (including phenoxy) is 4. The van der Waals surface area contributed by atoms with E-state index in [0.29, 0.717) is 60.9 Å². The quantitative estimate of drug-likeness (QED) is 0.0580. The Bertz CT molecular complexity index is 915. The molecule has 2 aliphatic carbocycles. The highest BCUT2D eigenvalue weighted by molar-refractivity contribution is 4.98. The van der Waals surface area contributed by atoms with Crippen molar-refractivity contribution >= 4 is 0 Å². The molecule has 0 atom stereocenters. The van der Waals surface area contributed by atoms with Crippen molar-refractivity contribution in [3.63, 3.8) is 0 Å². The van der Waals surface area contributed by atoms with Crippen LogP contribution in [0.2, 0.25) is 0 Å². The SMILES string of the molecule is CC(C)C(C)(C)O.CC(C)C(C)(C)OCCO.CC(C)C1(O)CC1.CC(C)CO.CC(C)COCCO.CCCOC1(C(C)C)CC1.[2H]C([2H])(O)C(C)C.[2H]C([2H])(OCCO)C(C)C. The molecule has 0 saturated heterocycles. The maximum Gasteiger partial charge on any atom is 0.0707 e. The van der Waals surface area contributed by atoms with Gasteiger partial charge in [-0.3, -0.25) is 0 Å². The largest absolute Gasteiger partial charge is 0.396 e. The van der Waals surface area contributed by atoms with Gasteiger partial charge in [0.25, 0.3) is 0 Å². The van der Waals surface area contributed by atoms with Gasteiger partial charge in [0.2, 0.25) is 0 Å². The lowest BCUT2D eigenvalue weighted by atomic mass is 9.95. The van der Waals surface area contributed by atoms with Gasteiger partial charge in [-0.25, -0.2) is 0 Å². The van der Waals surface area contributed by atoms with Crippen LogP contribution in [0.25, 0.3) is 0 Å². The zero-order valence-electron chi connectivity index (χ0n) is 47.3. The Morgan fingerprint density at radius 1 is 0.567 bits per heavy atom. The fraction of sp³-hybridized carbons (Fsp3) is 1.00. The molecule has 60 heavy (non-hydrogen) atoms. The van der Waals surface area contributed by atoms with Crippen LogP contribution in [0, 0.1) is 47.3 Å². The van der Waals surface area contributed by atoms with Crippen molar-refractivity contribution in [1.29, 1.82) is 0 Å². The summed E-state index contributed by atoms with van der Waals surface area (Å²) in [5.41, 5.74) is -0.557. The number of aliphatic hydroxyl groups is 7. The summed E-state index contributed by atoms with van der Waals surface area (Å²) in [7, 11) is 0. The highest BCUT2D eigenvalue weighted by Gasteiger charge is 2.46. The van der Waals surface area contributed by atoms with Crippen LogP contribution < -0.4 is 0 Å². The third-order valence-corrected chi connectivity index (χ3v) is 9.42. The second kappa shape index (κ2) is 42.5. The molecule has 0 bridgehead atoms. The van der Waals surface area contributed by atoms with E-state index < -0.39 is 18.7 Å². The molecule has 372 valence electrons. The third-order valence-electron chi connectivity index (χ3n) is 9.42. The molecule has 2 saturated carbocycles. The number of hydrogen-bond acceptors (Lipinski definition) is 11. The van der Waals surface area contributed by atoms with Crippen LogP contribution >= 0.6 is 0 Å². The van der Waals surface area contributed by atoms with Crippen molar-refractivity contribution in [3.8, 4) is 0 Å². The molecule has 11 heteroatoms. The second-order valence-corrected chi connectivity index (χ2v) is 19.4. The second-order valence-electron chi connectivity index (χ2n) is 19.4. The first kappa shape index (κ1) is 61.6. The van der Waals surface area contributed by atoms with Crippen LogP contribution in [0.1, 0.15) is 183 Å². The Morgan fingerprint density at radius 2 is 0.967 bits per heavy atom. The predicted molar refractivity (Wildman–Crippen MR) is 254 cm³/mol. The van der Waals surface area contributed by atoms with Crippen LogP contribution in [-0.4, -0.2) is 131 Å². The monoisotopic (exact) mass is 879 g/mol. The minimum atomic E-state index is -2.00. The van der Waals surface area contributed by atoms with Gasteiger partial charge in [-0.2, -0.15) is 0 Å². The van der Waals surface area contributed by atoms with Crippen molar-refractivity contribution in [3.05, 3.63) is 0 Å². The van der Waals surface area contributed by atoms with Crippen LogP contribution in [0.15, 0.2) is 0 Å². The van der Waals surface area contributed by atoms with E-state index in [4.69, 9.17) is 55.1 Å². The van der Waals surface area contributed by atoms with E-state index in [0.717, 1.165) is 32.5 Å². The lowest BCUT2D eigenvalue weighted by Gasteiger charge is -2.29. The van der Waals surface area contributed by atoms with E-state index in [1.54, 1.807) is 27.7 Å². The zero-order chi connectivity index (χ0) is 52.3. The van der Waals surface area contributed by atoms with Gasteiger partial charge in [0.05, 0.1) is 67.5 Å². The fourth-order valence-corrected chi connectivity index (χ4v) is 3.15. The molecule has 2 aliphatic rings. The molecular formula is C49H110O11. The molecule has 0 aromatic heterocycles. The molecule has 2 fully saturated rings. The number of aliphatic hydroxyl groups excluding tert-OH is 4. The smallest absolute Gasteiger partial charge is 0.0707 e.